The van der Waals surface area contributed by atoms with Crippen LogP contribution >= 0.6 is 23.7 Å². The van der Waals surface area contributed by atoms with Crippen molar-refractivity contribution in [1.29, 1.82) is 0 Å². The lowest BCUT2D eigenvalue weighted by atomic mass is 10.2. The first-order valence-electron chi connectivity index (χ1n) is 5.50. The van der Waals surface area contributed by atoms with Crippen molar-refractivity contribution in [2.45, 2.75) is 18.9 Å². The van der Waals surface area contributed by atoms with Gasteiger partial charge in [0.2, 0.25) is 5.91 Å². The molecule has 0 spiro atoms. The molecular weight excluding hydrogens is 274 g/mol. The first-order chi connectivity index (χ1) is 8.08. The molecule has 7 heteroatoms. The monoisotopic (exact) mass is 289 g/mol. The second kappa shape index (κ2) is 6.17. The molecule has 18 heavy (non-hydrogen) atoms. The van der Waals surface area contributed by atoms with Gasteiger partial charge in [-0.1, -0.05) is 0 Å². The summed E-state index contributed by atoms with van der Waals surface area (Å²) < 4.78 is 0. The molecule has 2 rings (SSSR count). The Bertz CT molecular complexity index is 445. The van der Waals surface area contributed by atoms with Crippen molar-refractivity contribution in [3.8, 4) is 0 Å². The average molecular weight is 290 g/mol. The highest BCUT2D eigenvalue weighted by Crippen LogP contribution is 2.31. The van der Waals surface area contributed by atoms with E-state index in [1.807, 2.05) is 0 Å². The van der Waals surface area contributed by atoms with Gasteiger partial charge in [-0.2, -0.15) is 0 Å². The van der Waals surface area contributed by atoms with Crippen LogP contribution in [0.15, 0.2) is 11.4 Å². The van der Waals surface area contributed by atoms with Gasteiger partial charge in [0, 0.05) is 18.0 Å². The van der Waals surface area contributed by atoms with Crippen LogP contribution in [0.1, 0.15) is 32.9 Å². The molecule has 1 fully saturated rings. The number of nitrogens with one attached hydrogen (secondary N) is 1. The van der Waals surface area contributed by atoms with Gasteiger partial charge in [0.15, 0.2) is 0 Å². The molecule has 0 radical (unpaired) electrons. The lowest BCUT2D eigenvalue weighted by Crippen LogP contribution is -2.38. The van der Waals surface area contributed by atoms with Gasteiger partial charge < -0.3 is 16.8 Å². The van der Waals surface area contributed by atoms with Gasteiger partial charge in [-0.05, 0) is 24.8 Å². The third-order valence-electron chi connectivity index (χ3n) is 2.83. The summed E-state index contributed by atoms with van der Waals surface area (Å²) in [6.45, 7) is 0.479. The second-order valence-corrected chi connectivity index (χ2v) is 5.19. The smallest absolute Gasteiger partial charge is 0.261 e. The largest absolute Gasteiger partial charge is 0.366 e. The number of carbonyl (C=O) groups is 2. The van der Waals surface area contributed by atoms with Crippen LogP contribution in [-0.4, -0.2) is 24.4 Å². The van der Waals surface area contributed by atoms with Crippen molar-refractivity contribution < 1.29 is 9.59 Å². The molecular formula is C11H16ClN3O2S. The molecule has 5 nitrogen and oxygen atoms in total. The number of hydrogen-bond donors (Lipinski definition) is 3. The molecule has 0 bridgehead atoms. The molecule has 0 saturated heterocycles. The zero-order valence-corrected chi connectivity index (χ0v) is 11.4. The molecule has 1 atom stereocenters. The van der Waals surface area contributed by atoms with Crippen LogP contribution in [0.5, 0.6) is 0 Å². The number of carbonyl (C=O) groups excluding carboxylic acids is 2. The van der Waals surface area contributed by atoms with E-state index in [2.05, 4.69) is 5.32 Å². The predicted octanol–water partition coefficient (Wildman–Crippen LogP) is 0.736. The average Bonchev–Trinajstić information content (AvgIpc) is 3.02. The van der Waals surface area contributed by atoms with Crippen LogP contribution in [-0.2, 0) is 0 Å². The molecule has 100 valence electrons. The van der Waals surface area contributed by atoms with Crippen LogP contribution in [0.2, 0.25) is 0 Å². The van der Waals surface area contributed by atoms with Crippen molar-refractivity contribution in [2.24, 2.45) is 17.4 Å². The number of rotatable bonds is 5. The highest BCUT2D eigenvalue weighted by atomic mass is 35.5. The number of thiophene rings is 1. The number of amides is 2. The number of nitrogens with two attached hydrogens (primary N) is 2. The quantitative estimate of drug-likeness (QED) is 0.745. The first-order valence-corrected chi connectivity index (χ1v) is 6.38. The van der Waals surface area contributed by atoms with Crippen molar-refractivity contribution >= 4 is 35.6 Å². The number of hydrogen-bond acceptors (Lipinski definition) is 4. The maximum absolute atomic E-state index is 11.7. The van der Waals surface area contributed by atoms with Gasteiger partial charge in [0.1, 0.15) is 0 Å². The number of primary amides is 1. The van der Waals surface area contributed by atoms with Gasteiger partial charge in [-0.3, -0.25) is 9.59 Å². The fraction of sp³-hybridized carbons (Fsp3) is 0.455. The van der Waals surface area contributed by atoms with Crippen LogP contribution in [0.3, 0.4) is 0 Å². The maximum Gasteiger partial charge on any atom is 0.261 e. The fourth-order valence-corrected chi connectivity index (χ4v) is 2.39. The molecule has 5 N–H and O–H groups in total. The van der Waals surface area contributed by atoms with Crippen molar-refractivity contribution in [3.05, 3.63) is 21.9 Å². The van der Waals surface area contributed by atoms with E-state index < -0.39 is 5.91 Å². The van der Waals surface area contributed by atoms with E-state index in [1.54, 1.807) is 5.38 Å². The van der Waals surface area contributed by atoms with E-state index in [0.717, 1.165) is 12.8 Å². The molecule has 1 saturated carbocycles. The molecule has 1 aliphatic carbocycles. The van der Waals surface area contributed by atoms with E-state index in [-0.39, 0.29) is 24.4 Å². The molecule has 1 heterocycles. The molecule has 1 aliphatic rings. The third kappa shape index (κ3) is 3.69. The lowest BCUT2D eigenvalue weighted by molar-refractivity contribution is 0.0954. The van der Waals surface area contributed by atoms with Gasteiger partial charge in [0.25, 0.3) is 5.91 Å². The Morgan fingerprint density at radius 1 is 1.50 bits per heavy atom. The highest BCUT2D eigenvalue weighted by Gasteiger charge is 2.28. The Hall–Kier alpha value is -1.11. The Labute approximate surface area is 115 Å². The minimum Gasteiger partial charge on any atom is -0.366 e. The zero-order chi connectivity index (χ0) is 12.4. The SMILES string of the molecule is Cl.NC(=O)c1csc(C(=O)NCC(N)C2CC2)c1. The van der Waals surface area contributed by atoms with E-state index in [1.165, 1.54) is 17.4 Å². The summed E-state index contributed by atoms with van der Waals surface area (Å²) >= 11 is 1.21. The lowest BCUT2D eigenvalue weighted by Gasteiger charge is -2.10. The topological polar surface area (TPSA) is 98.2 Å². The summed E-state index contributed by atoms with van der Waals surface area (Å²) in [6.07, 6.45) is 2.31. The normalized spacial score (nSPS) is 15.6. The minimum absolute atomic E-state index is 0. The first kappa shape index (κ1) is 14.9. The van der Waals surface area contributed by atoms with Crippen molar-refractivity contribution in [2.75, 3.05) is 6.54 Å². The summed E-state index contributed by atoms with van der Waals surface area (Å²) in [5.41, 5.74) is 11.4. The van der Waals surface area contributed by atoms with Crippen LogP contribution < -0.4 is 16.8 Å². The third-order valence-corrected chi connectivity index (χ3v) is 3.76. The van der Waals surface area contributed by atoms with E-state index in [4.69, 9.17) is 11.5 Å². The predicted molar refractivity (Wildman–Crippen MR) is 73.1 cm³/mol. The summed E-state index contributed by atoms with van der Waals surface area (Å²) in [7, 11) is 0. The second-order valence-electron chi connectivity index (χ2n) is 4.28. The van der Waals surface area contributed by atoms with Crippen LogP contribution in [0.25, 0.3) is 0 Å². The summed E-state index contributed by atoms with van der Waals surface area (Å²) in [4.78, 5) is 23.1. The van der Waals surface area contributed by atoms with Crippen LogP contribution in [0.4, 0.5) is 0 Å². The van der Waals surface area contributed by atoms with E-state index in [9.17, 15) is 9.59 Å². The van der Waals surface area contributed by atoms with Crippen molar-refractivity contribution in [1.82, 2.24) is 5.32 Å². The maximum atomic E-state index is 11.7. The molecule has 1 aromatic heterocycles. The fourth-order valence-electron chi connectivity index (χ4n) is 1.57. The molecule has 1 aromatic rings. The Morgan fingerprint density at radius 3 is 2.67 bits per heavy atom. The van der Waals surface area contributed by atoms with E-state index in [0.29, 0.717) is 22.9 Å². The zero-order valence-electron chi connectivity index (χ0n) is 9.72. The van der Waals surface area contributed by atoms with Gasteiger partial charge in [-0.15, -0.1) is 23.7 Å². The molecule has 0 aromatic carbocycles. The highest BCUT2D eigenvalue weighted by molar-refractivity contribution is 7.12. The standard InChI is InChI=1S/C11H15N3O2S.ClH/c12-8(6-1-2-6)4-14-11(16)9-3-7(5-17-9)10(13)15;/h3,5-6,8H,1-2,4,12H2,(H2,13,15)(H,14,16);1H. The Balaban J connectivity index is 0.00000162. The summed E-state index contributed by atoms with van der Waals surface area (Å²) in [5.74, 6) is -0.159. The summed E-state index contributed by atoms with van der Waals surface area (Å²) in [5, 5.41) is 4.35. The molecule has 2 amide bonds. The van der Waals surface area contributed by atoms with E-state index >= 15 is 0 Å². The van der Waals surface area contributed by atoms with Gasteiger partial charge in [0.05, 0.1) is 10.4 Å². The number of halogens is 1. The molecule has 1 unspecified atom stereocenters. The minimum atomic E-state index is -0.519. The Morgan fingerprint density at radius 2 is 2.17 bits per heavy atom. The van der Waals surface area contributed by atoms with Crippen molar-refractivity contribution in [3.63, 3.8) is 0 Å². The Kier molecular flexibility index (Phi) is 5.13. The van der Waals surface area contributed by atoms with Gasteiger partial charge >= 0.3 is 0 Å². The van der Waals surface area contributed by atoms with Gasteiger partial charge in [-0.25, -0.2) is 0 Å². The van der Waals surface area contributed by atoms with Crippen LogP contribution in [0, 0.1) is 5.92 Å². The molecule has 0 aliphatic heterocycles. The summed E-state index contributed by atoms with van der Waals surface area (Å²) in [6, 6.07) is 1.54.